The van der Waals surface area contributed by atoms with E-state index in [0.29, 0.717) is 15.3 Å². The average Bonchev–Trinajstić information content (AvgIpc) is 2.57. The van der Waals surface area contributed by atoms with Crippen LogP contribution < -0.4 is 11.1 Å². The highest BCUT2D eigenvalue weighted by molar-refractivity contribution is 7.73. The highest BCUT2D eigenvalue weighted by Gasteiger charge is 2.05. The van der Waals surface area contributed by atoms with E-state index in [9.17, 15) is 14.4 Å². The van der Waals surface area contributed by atoms with Gasteiger partial charge in [0.05, 0.1) is 20.2 Å². The Hall–Kier alpha value is -2.31. The van der Waals surface area contributed by atoms with Crippen LogP contribution in [0.5, 0.6) is 0 Å². The van der Waals surface area contributed by atoms with Gasteiger partial charge in [-0.2, -0.15) is 0 Å². The summed E-state index contributed by atoms with van der Waals surface area (Å²) in [5.74, 6) is 0. The summed E-state index contributed by atoms with van der Waals surface area (Å²) in [7, 11) is 2.80. The molecule has 1 aromatic heterocycles. The Kier molecular flexibility index (Phi) is 3.64. The van der Waals surface area contributed by atoms with Crippen molar-refractivity contribution in [1.82, 2.24) is 4.57 Å². The smallest absolute Gasteiger partial charge is 0.268 e. The third-order valence-corrected chi connectivity index (χ3v) is 5.48. The molecule has 0 spiro atoms. The molecule has 3 aromatic rings. The summed E-state index contributed by atoms with van der Waals surface area (Å²) in [6.45, 7) is 0. The molecule has 3 rings (SSSR count). The molecular formula is C15H9NO3S2. The molecule has 2 aromatic carbocycles. The maximum atomic E-state index is 12.4. The Bertz CT molecular complexity index is 935. The minimum atomic E-state index is -0.601. The number of hydrogen-bond acceptors (Lipinski definition) is 5. The lowest BCUT2D eigenvalue weighted by Crippen LogP contribution is -2.30. The molecule has 0 fully saturated rings. The van der Waals surface area contributed by atoms with Gasteiger partial charge in [0, 0.05) is 0 Å². The van der Waals surface area contributed by atoms with E-state index in [1.165, 1.54) is 20.7 Å². The van der Waals surface area contributed by atoms with Crippen molar-refractivity contribution >= 4 is 47.3 Å². The minimum Gasteiger partial charge on any atom is -0.278 e. The van der Waals surface area contributed by atoms with Crippen LogP contribution in [-0.2, 0) is 4.79 Å². The Morgan fingerprint density at radius 2 is 1.19 bits per heavy atom. The predicted molar refractivity (Wildman–Crippen MR) is 87.5 cm³/mol. The fraction of sp³-hybridized carbons (Fsp3) is 0. The van der Waals surface area contributed by atoms with E-state index in [1.807, 2.05) is 12.1 Å². The number of nitrogens with zero attached hydrogens (tertiary/aromatic N) is 1. The van der Waals surface area contributed by atoms with Crippen molar-refractivity contribution in [3.8, 4) is 0 Å². The number of carbonyl (C=O) groups excluding carboxylic acids is 1. The van der Waals surface area contributed by atoms with Crippen LogP contribution in [0, 0.1) is 0 Å². The molecule has 0 radical (unpaired) electrons. The summed E-state index contributed by atoms with van der Waals surface area (Å²) in [4.78, 5) is 36.1. The largest absolute Gasteiger partial charge is 0.278 e. The van der Waals surface area contributed by atoms with Gasteiger partial charge in [0.25, 0.3) is 11.1 Å². The van der Waals surface area contributed by atoms with E-state index < -0.39 is 11.1 Å². The highest BCUT2D eigenvalue weighted by Crippen LogP contribution is 2.21. The van der Waals surface area contributed by atoms with Crippen molar-refractivity contribution in [2.24, 2.45) is 0 Å². The molecule has 0 atom stereocenters. The first-order chi connectivity index (χ1) is 10.2. The standard InChI is InChI=1S/C15H9NO3S2/c17-9-16-14(18)10-5-1-3-7-12(10)20-21-13-8-4-2-6-11(13)15(16)19/h1-9H. The summed E-state index contributed by atoms with van der Waals surface area (Å²) in [5.41, 5.74) is -1.20. The maximum absolute atomic E-state index is 12.4. The molecule has 1 heterocycles. The van der Waals surface area contributed by atoms with E-state index in [2.05, 4.69) is 0 Å². The molecule has 4 nitrogen and oxygen atoms in total. The van der Waals surface area contributed by atoms with Crippen LogP contribution in [0.4, 0.5) is 0 Å². The zero-order chi connectivity index (χ0) is 14.8. The second-order valence-corrected chi connectivity index (χ2v) is 6.46. The number of fused-ring (bicyclic) bond motifs is 2. The van der Waals surface area contributed by atoms with Crippen LogP contribution in [0.25, 0.3) is 20.2 Å². The van der Waals surface area contributed by atoms with Gasteiger partial charge in [-0.3, -0.25) is 14.4 Å². The van der Waals surface area contributed by atoms with Crippen LogP contribution in [0.2, 0.25) is 0 Å². The van der Waals surface area contributed by atoms with Crippen molar-refractivity contribution in [1.29, 1.82) is 0 Å². The Balaban J connectivity index is 2.75. The lowest BCUT2D eigenvalue weighted by atomic mass is 10.3. The third-order valence-electron chi connectivity index (χ3n) is 3.00. The summed E-state index contributed by atoms with van der Waals surface area (Å²) >= 11 is 0. The van der Waals surface area contributed by atoms with Crippen LogP contribution >= 0.6 is 20.7 Å². The number of aromatic nitrogens is 1. The molecule has 0 bridgehead atoms. The van der Waals surface area contributed by atoms with Gasteiger partial charge < -0.3 is 0 Å². The van der Waals surface area contributed by atoms with Gasteiger partial charge in [-0.05, 0) is 24.3 Å². The molecule has 0 aliphatic rings. The van der Waals surface area contributed by atoms with E-state index >= 15 is 0 Å². The fourth-order valence-corrected chi connectivity index (χ4v) is 4.32. The minimum absolute atomic E-state index is 0.277. The second kappa shape index (κ2) is 5.59. The lowest BCUT2D eigenvalue weighted by Gasteiger charge is -1.92. The van der Waals surface area contributed by atoms with Crippen molar-refractivity contribution in [2.75, 3.05) is 0 Å². The Morgan fingerprint density at radius 1 is 0.762 bits per heavy atom. The molecule has 0 aliphatic carbocycles. The SMILES string of the molecule is O=Cn1c(=O)c2ccccc2ssc2ccccc2c1=O. The average molecular weight is 315 g/mol. The molecule has 21 heavy (non-hydrogen) atoms. The summed E-state index contributed by atoms with van der Waals surface area (Å²) in [5, 5.41) is 0.700. The number of carbonyl (C=O) groups is 1. The third kappa shape index (κ3) is 2.39. The molecule has 0 saturated heterocycles. The predicted octanol–water partition coefficient (Wildman–Crippen LogP) is 2.80. The summed E-state index contributed by atoms with van der Waals surface area (Å²) in [6.07, 6.45) is 0.277. The molecule has 0 unspecified atom stereocenters. The van der Waals surface area contributed by atoms with Crippen LogP contribution in [0.1, 0.15) is 0 Å². The quantitative estimate of drug-likeness (QED) is 0.512. The number of rotatable bonds is 1. The topological polar surface area (TPSA) is 56.1 Å². The number of hydrogen-bond donors (Lipinski definition) is 0. The van der Waals surface area contributed by atoms with E-state index in [0.717, 1.165) is 9.40 Å². The molecule has 6 heteroatoms. The van der Waals surface area contributed by atoms with E-state index in [1.54, 1.807) is 36.4 Å². The molecule has 0 saturated carbocycles. The molecule has 104 valence electrons. The van der Waals surface area contributed by atoms with Gasteiger partial charge in [0.15, 0.2) is 0 Å². The molecular weight excluding hydrogens is 306 g/mol. The zero-order valence-corrected chi connectivity index (χ0v) is 12.3. The normalized spacial score (nSPS) is 10.5. The van der Waals surface area contributed by atoms with Gasteiger partial charge in [-0.25, -0.2) is 4.57 Å². The summed E-state index contributed by atoms with van der Waals surface area (Å²) in [6, 6.07) is 13.9. The van der Waals surface area contributed by atoms with E-state index in [4.69, 9.17) is 0 Å². The maximum Gasteiger partial charge on any atom is 0.268 e. The monoisotopic (exact) mass is 315 g/mol. The first-order valence-electron chi connectivity index (χ1n) is 6.08. The van der Waals surface area contributed by atoms with Gasteiger partial charge >= 0.3 is 0 Å². The van der Waals surface area contributed by atoms with Gasteiger partial charge in [-0.15, -0.1) is 0 Å². The van der Waals surface area contributed by atoms with Gasteiger partial charge in [-0.1, -0.05) is 44.9 Å². The van der Waals surface area contributed by atoms with Crippen molar-refractivity contribution < 1.29 is 4.79 Å². The summed E-state index contributed by atoms with van der Waals surface area (Å²) < 4.78 is 2.08. The van der Waals surface area contributed by atoms with E-state index in [-0.39, 0.29) is 6.41 Å². The molecule has 0 N–H and O–H groups in total. The van der Waals surface area contributed by atoms with Crippen molar-refractivity contribution in [3.63, 3.8) is 0 Å². The number of benzene rings is 2. The zero-order valence-electron chi connectivity index (χ0n) is 10.7. The van der Waals surface area contributed by atoms with Crippen LogP contribution in [0.15, 0.2) is 58.1 Å². The second-order valence-electron chi connectivity index (χ2n) is 4.24. The van der Waals surface area contributed by atoms with Crippen LogP contribution in [-0.4, -0.2) is 11.0 Å². The Labute approximate surface area is 126 Å². The first kappa shape index (κ1) is 13.7. The first-order valence-corrected chi connectivity index (χ1v) is 8.23. The molecule has 0 aliphatic heterocycles. The van der Waals surface area contributed by atoms with Gasteiger partial charge in [0.1, 0.15) is 0 Å². The molecule has 0 amide bonds. The van der Waals surface area contributed by atoms with Crippen LogP contribution in [0.3, 0.4) is 0 Å². The highest BCUT2D eigenvalue weighted by atomic mass is 32.9. The fourth-order valence-electron chi connectivity index (χ4n) is 1.97. The van der Waals surface area contributed by atoms with Gasteiger partial charge in [0.2, 0.25) is 6.41 Å². The van der Waals surface area contributed by atoms with Crippen molar-refractivity contribution in [3.05, 3.63) is 69.2 Å². The Morgan fingerprint density at radius 3 is 1.62 bits per heavy atom. The van der Waals surface area contributed by atoms with Crippen molar-refractivity contribution in [2.45, 2.75) is 0 Å². The lowest BCUT2D eigenvalue weighted by molar-refractivity contribution is 0.544.